The highest BCUT2D eigenvalue weighted by molar-refractivity contribution is 6.09. The number of ether oxygens (including phenoxy) is 1. The Labute approximate surface area is 197 Å². The molecule has 0 unspecified atom stereocenters. The van der Waals surface area contributed by atoms with Gasteiger partial charge >= 0.3 is 0 Å². The fourth-order valence-electron chi connectivity index (χ4n) is 3.58. The Balaban J connectivity index is 1.74. The first-order valence-electron chi connectivity index (χ1n) is 11.4. The van der Waals surface area contributed by atoms with Gasteiger partial charge in [0.2, 0.25) is 0 Å². The molecule has 3 aromatic rings. The predicted molar refractivity (Wildman–Crippen MR) is 134 cm³/mol. The van der Waals surface area contributed by atoms with Gasteiger partial charge in [-0.3, -0.25) is 9.59 Å². The first-order valence-corrected chi connectivity index (χ1v) is 11.4. The van der Waals surface area contributed by atoms with Gasteiger partial charge in [0.15, 0.2) is 11.9 Å². The standard InChI is InChI=1S/C29H33NO3/c1-7-25(33-26-13-8-10-19(2)20(26)3)28(32)30-24-12-9-11-22(18-24)27(31)21-14-16-23(17-15-21)29(4,5)6/h8-18,25H,7H2,1-6H3,(H,30,32)/t25-/m0/s1. The van der Waals surface area contributed by atoms with Gasteiger partial charge in [-0.25, -0.2) is 0 Å². The largest absolute Gasteiger partial charge is 0.480 e. The number of nitrogens with one attached hydrogen (secondary N) is 1. The van der Waals surface area contributed by atoms with E-state index in [1.807, 2.05) is 63.2 Å². The Morgan fingerprint density at radius 2 is 1.58 bits per heavy atom. The third-order valence-electron chi connectivity index (χ3n) is 5.89. The van der Waals surface area contributed by atoms with Crippen molar-refractivity contribution < 1.29 is 14.3 Å². The predicted octanol–water partition coefficient (Wildman–Crippen LogP) is 6.63. The summed E-state index contributed by atoms with van der Waals surface area (Å²) < 4.78 is 6.02. The Bertz CT molecular complexity index is 1140. The maximum Gasteiger partial charge on any atom is 0.265 e. The SMILES string of the molecule is CC[C@H](Oc1cccc(C)c1C)C(=O)Nc1cccc(C(=O)c2ccc(C(C)(C)C)cc2)c1. The topological polar surface area (TPSA) is 55.4 Å². The van der Waals surface area contributed by atoms with E-state index in [-0.39, 0.29) is 17.1 Å². The van der Waals surface area contributed by atoms with Gasteiger partial charge in [-0.1, -0.05) is 76.2 Å². The Kier molecular flexibility index (Phi) is 7.37. The molecule has 0 aromatic heterocycles. The minimum atomic E-state index is -0.630. The van der Waals surface area contributed by atoms with E-state index in [9.17, 15) is 9.59 Å². The van der Waals surface area contributed by atoms with Gasteiger partial charge in [-0.15, -0.1) is 0 Å². The molecule has 0 radical (unpaired) electrons. The first kappa shape index (κ1) is 24.2. The summed E-state index contributed by atoms with van der Waals surface area (Å²) >= 11 is 0. The highest BCUT2D eigenvalue weighted by atomic mass is 16.5. The number of amides is 1. The van der Waals surface area contributed by atoms with Gasteiger partial charge in [0, 0.05) is 16.8 Å². The summed E-state index contributed by atoms with van der Waals surface area (Å²) in [5.74, 6) is 0.391. The molecule has 0 bridgehead atoms. The summed E-state index contributed by atoms with van der Waals surface area (Å²) in [6.45, 7) is 12.3. The van der Waals surface area contributed by atoms with Gasteiger partial charge < -0.3 is 10.1 Å². The average Bonchev–Trinajstić information content (AvgIpc) is 2.79. The number of hydrogen-bond acceptors (Lipinski definition) is 3. The van der Waals surface area contributed by atoms with Crippen molar-refractivity contribution >= 4 is 17.4 Å². The second kappa shape index (κ2) is 10.0. The molecule has 0 aliphatic heterocycles. The monoisotopic (exact) mass is 443 g/mol. The molecular formula is C29H33NO3. The summed E-state index contributed by atoms with van der Waals surface area (Å²) in [5.41, 5.74) is 5.06. The lowest BCUT2D eigenvalue weighted by Crippen LogP contribution is -2.32. The van der Waals surface area contributed by atoms with Gasteiger partial charge in [0.1, 0.15) is 5.75 Å². The molecule has 33 heavy (non-hydrogen) atoms. The summed E-state index contributed by atoms with van der Waals surface area (Å²) in [5, 5.41) is 2.91. The van der Waals surface area contributed by atoms with Crippen molar-refractivity contribution in [3.63, 3.8) is 0 Å². The van der Waals surface area contributed by atoms with Crippen LogP contribution >= 0.6 is 0 Å². The average molecular weight is 444 g/mol. The quantitative estimate of drug-likeness (QED) is 0.417. The molecule has 4 heteroatoms. The molecule has 172 valence electrons. The summed E-state index contributed by atoms with van der Waals surface area (Å²) in [4.78, 5) is 25.9. The van der Waals surface area contributed by atoms with E-state index < -0.39 is 6.10 Å². The molecule has 0 saturated heterocycles. The van der Waals surface area contributed by atoms with E-state index >= 15 is 0 Å². The number of benzene rings is 3. The molecule has 4 nitrogen and oxygen atoms in total. The van der Waals surface area contributed by atoms with Crippen molar-refractivity contribution in [3.05, 3.63) is 94.5 Å². The van der Waals surface area contributed by atoms with Crippen LogP contribution in [-0.4, -0.2) is 17.8 Å². The summed E-state index contributed by atoms with van der Waals surface area (Å²) in [6.07, 6.45) is -0.104. The fourth-order valence-corrected chi connectivity index (χ4v) is 3.58. The van der Waals surface area contributed by atoms with E-state index in [4.69, 9.17) is 4.74 Å². The van der Waals surface area contributed by atoms with Crippen molar-refractivity contribution in [2.24, 2.45) is 0 Å². The summed E-state index contributed by atoms with van der Waals surface area (Å²) in [6, 6.07) is 20.6. The molecule has 1 N–H and O–H groups in total. The van der Waals surface area contributed by atoms with Crippen molar-refractivity contribution in [1.29, 1.82) is 0 Å². The highest BCUT2D eigenvalue weighted by Gasteiger charge is 2.20. The molecule has 1 amide bonds. The molecule has 3 aromatic carbocycles. The van der Waals surface area contributed by atoms with Gasteiger partial charge in [-0.2, -0.15) is 0 Å². The van der Waals surface area contributed by atoms with Crippen LogP contribution in [-0.2, 0) is 10.2 Å². The van der Waals surface area contributed by atoms with Crippen LogP contribution in [0.1, 0.15) is 66.7 Å². The van der Waals surface area contributed by atoms with Crippen LogP contribution in [0.25, 0.3) is 0 Å². The van der Waals surface area contributed by atoms with Crippen LogP contribution in [0.2, 0.25) is 0 Å². The van der Waals surface area contributed by atoms with E-state index in [1.165, 1.54) is 5.56 Å². The number of carbonyl (C=O) groups is 2. The van der Waals surface area contributed by atoms with E-state index in [0.29, 0.717) is 29.0 Å². The number of anilines is 1. The minimum Gasteiger partial charge on any atom is -0.480 e. The highest BCUT2D eigenvalue weighted by Crippen LogP contribution is 2.25. The molecule has 0 spiro atoms. The van der Waals surface area contributed by atoms with E-state index in [0.717, 1.165) is 11.1 Å². The number of ketones is 1. The second-order valence-corrected chi connectivity index (χ2v) is 9.44. The maximum absolute atomic E-state index is 13.0. The van der Waals surface area contributed by atoms with Crippen LogP contribution in [0.5, 0.6) is 5.75 Å². The molecule has 0 fully saturated rings. The van der Waals surface area contributed by atoms with Gasteiger partial charge in [0.05, 0.1) is 0 Å². The van der Waals surface area contributed by atoms with E-state index in [2.05, 4.69) is 26.1 Å². The Hall–Kier alpha value is -3.40. The lowest BCUT2D eigenvalue weighted by atomic mass is 9.86. The zero-order chi connectivity index (χ0) is 24.2. The molecule has 1 atom stereocenters. The zero-order valence-corrected chi connectivity index (χ0v) is 20.4. The molecule has 0 aliphatic rings. The number of aryl methyl sites for hydroxylation is 1. The number of hydrogen-bond donors (Lipinski definition) is 1. The normalized spacial score (nSPS) is 12.2. The van der Waals surface area contributed by atoms with Gasteiger partial charge in [0.25, 0.3) is 5.91 Å². The number of carbonyl (C=O) groups excluding carboxylic acids is 2. The van der Waals surface area contributed by atoms with Crippen molar-refractivity contribution in [2.45, 2.75) is 59.5 Å². The molecule has 3 rings (SSSR count). The Morgan fingerprint density at radius 1 is 0.909 bits per heavy atom. The Morgan fingerprint density at radius 3 is 2.21 bits per heavy atom. The maximum atomic E-state index is 13.0. The van der Waals surface area contributed by atoms with Crippen LogP contribution in [0.15, 0.2) is 66.7 Å². The van der Waals surface area contributed by atoms with Crippen molar-refractivity contribution in [3.8, 4) is 5.75 Å². The van der Waals surface area contributed by atoms with Crippen LogP contribution in [0, 0.1) is 13.8 Å². The van der Waals surface area contributed by atoms with E-state index in [1.54, 1.807) is 24.3 Å². The fraction of sp³-hybridized carbons (Fsp3) is 0.310. The molecule has 0 aliphatic carbocycles. The van der Waals surface area contributed by atoms with Crippen LogP contribution < -0.4 is 10.1 Å². The first-order chi connectivity index (χ1) is 15.6. The van der Waals surface area contributed by atoms with Crippen molar-refractivity contribution in [2.75, 3.05) is 5.32 Å². The zero-order valence-electron chi connectivity index (χ0n) is 20.4. The van der Waals surface area contributed by atoms with Crippen LogP contribution in [0.3, 0.4) is 0 Å². The number of rotatable bonds is 7. The van der Waals surface area contributed by atoms with Crippen LogP contribution in [0.4, 0.5) is 5.69 Å². The molecule has 0 heterocycles. The lowest BCUT2D eigenvalue weighted by Gasteiger charge is -2.19. The third kappa shape index (κ3) is 5.89. The lowest BCUT2D eigenvalue weighted by molar-refractivity contribution is -0.122. The summed E-state index contributed by atoms with van der Waals surface area (Å²) in [7, 11) is 0. The smallest absolute Gasteiger partial charge is 0.265 e. The van der Waals surface area contributed by atoms with Crippen molar-refractivity contribution in [1.82, 2.24) is 0 Å². The van der Waals surface area contributed by atoms with Gasteiger partial charge in [-0.05, 0) is 60.6 Å². The second-order valence-electron chi connectivity index (χ2n) is 9.44. The molecule has 0 saturated carbocycles. The third-order valence-corrected chi connectivity index (χ3v) is 5.89. The molecular weight excluding hydrogens is 410 g/mol. The minimum absolute atomic E-state index is 0.0284.